The summed E-state index contributed by atoms with van der Waals surface area (Å²) in [5.41, 5.74) is 6.03. The lowest BCUT2D eigenvalue weighted by molar-refractivity contribution is -0.385. The molecule has 0 saturated carbocycles. The Morgan fingerprint density at radius 3 is 2.78 bits per heavy atom. The van der Waals surface area contributed by atoms with Gasteiger partial charge in [-0.1, -0.05) is 18.5 Å². The second-order valence-corrected chi connectivity index (χ2v) is 5.89. The summed E-state index contributed by atoms with van der Waals surface area (Å²) in [4.78, 5) is 10.3. The Balaban J connectivity index is 2.86. The maximum Gasteiger partial charge on any atom is 0.273 e. The van der Waals surface area contributed by atoms with Crippen LogP contribution in [-0.2, 0) is 16.6 Å². The topological polar surface area (TPSA) is 86.2 Å². The first-order valence-corrected chi connectivity index (χ1v) is 7.34. The van der Waals surface area contributed by atoms with Crippen molar-refractivity contribution >= 4 is 28.1 Å². The molecule has 0 aliphatic heterocycles. The number of nitro groups is 1. The molecule has 2 N–H and O–H groups in total. The molecule has 18 heavy (non-hydrogen) atoms. The standard InChI is InChI=1S/C11H15ClN2O3S/c1-2-10(13)7-18(17)6-8-5-9(12)3-4-11(8)14(15)16/h3-5,10H,2,6-7,13H2,1H3. The molecule has 100 valence electrons. The van der Waals surface area contributed by atoms with E-state index in [0.29, 0.717) is 16.3 Å². The third kappa shape index (κ3) is 4.36. The molecule has 1 rings (SSSR count). The van der Waals surface area contributed by atoms with Gasteiger partial charge in [-0.25, -0.2) is 0 Å². The van der Waals surface area contributed by atoms with Crippen molar-refractivity contribution in [1.29, 1.82) is 0 Å². The van der Waals surface area contributed by atoms with E-state index >= 15 is 0 Å². The van der Waals surface area contributed by atoms with E-state index in [9.17, 15) is 14.3 Å². The number of halogens is 1. The first kappa shape index (κ1) is 15.1. The molecule has 1 aromatic carbocycles. The molecule has 0 fully saturated rings. The van der Waals surface area contributed by atoms with Crippen molar-refractivity contribution < 1.29 is 9.13 Å². The third-order valence-electron chi connectivity index (χ3n) is 2.48. The lowest BCUT2D eigenvalue weighted by atomic mass is 10.2. The van der Waals surface area contributed by atoms with Crippen LogP contribution in [0.3, 0.4) is 0 Å². The van der Waals surface area contributed by atoms with Crippen LogP contribution >= 0.6 is 11.6 Å². The van der Waals surface area contributed by atoms with Crippen LogP contribution in [-0.4, -0.2) is 20.9 Å². The summed E-state index contributed by atoms with van der Waals surface area (Å²) >= 11 is 5.79. The van der Waals surface area contributed by atoms with Crippen molar-refractivity contribution in [3.05, 3.63) is 38.9 Å². The SMILES string of the molecule is CCC(N)CS(=O)Cc1cc(Cl)ccc1[N+](=O)[O-]. The maximum absolute atomic E-state index is 11.8. The van der Waals surface area contributed by atoms with Gasteiger partial charge in [0.25, 0.3) is 5.69 Å². The lowest BCUT2D eigenvalue weighted by Crippen LogP contribution is -2.26. The van der Waals surface area contributed by atoms with Gasteiger partial charge in [-0.2, -0.15) is 0 Å². The van der Waals surface area contributed by atoms with E-state index in [-0.39, 0.29) is 17.5 Å². The Morgan fingerprint density at radius 1 is 1.56 bits per heavy atom. The number of hydrogen-bond donors (Lipinski definition) is 1. The number of nitrogens with zero attached hydrogens (tertiary/aromatic N) is 1. The summed E-state index contributed by atoms with van der Waals surface area (Å²) in [6.07, 6.45) is 0.726. The predicted octanol–water partition coefficient (Wildman–Crippen LogP) is 2.23. The quantitative estimate of drug-likeness (QED) is 0.643. The number of rotatable bonds is 6. The van der Waals surface area contributed by atoms with Crippen LogP contribution in [0.4, 0.5) is 5.69 Å². The highest BCUT2D eigenvalue weighted by Crippen LogP contribution is 2.24. The zero-order valence-electron chi connectivity index (χ0n) is 9.97. The van der Waals surface area contributed by atoms with Gasteiger partial charge in [-0.15, -0.1) is 0 Å². The minimum atomic E-state index is -1.22. The molecule has 0 amide bonds. The fourth-order valence-electron chi connectivity index (χ4n) is 1.44. The molecule has 0 aliphatic rings. The molecule has 0 heterocycles. The van der Waals surface area contributed by atoms with Crippen LogP contribution in [0.2, 0.25) is 5.02 Å². The minimum Gasteiger partial charge on any atom is -0.327 e. The van der Waals surface area contributed by atoms with Crippen molar-refractivity contribution in [2.24, 2.45) is 5.73 Å². The van der Waals surface area contributed by atoms with E-state index in [4.69, 9.17) is 17.3 Å². The Labute approximate surface area is 113 Å². The molecular weight excluding hydrogens is 276 g/mol. The molecule has 5 nitrogen and oxygen atoms in total. The lowest BCUT2D eigenvalue weighted by Gasteiger charge is -2.08. The van der Waals surface area contributed by atoms with Gasteiger partial charge < -0.3 is 5.73 Å². The van der Waals surface area contributed by atoms with Gasteiger partial charge in [0.2, 0.25) is 0 Å². The zero-order valence-corrected chi connectivity index (χ0v) is 11.5. The number of hydrogen-bond acceptors (Lipinski definition) is 4. The number of nitrogens with two attached hydrogens (primary N) is 1. The fourth-order valence-corrected chi connectivity index (χ4v) is 3.04. The van der Waals surface area contributed by atoms with Gasteiger partial charge in [0, 0.05) is 39.2 Å². The zero-order chi connectivity index (χ0) is 13.7. The molecule has 2 atom stereocenters. The van der Waals surface area contributed by atoms with Crippen molar-refractivity contribution in [1.82, 2.24) is 0 Å². The van der Waals surface area contributed by atoms with Crippen molar-refractivity contribution in [3.8, 4) is 0 Å². The van der Waals surface area contributed by atoms with Gasteiger partial charge in [-0.05, 0) is 18.6 Å². The van der Waals surface area contributed by atoms with E-state index in [1.54, 1.807) is 0 Å². The van der Waals surface area contributed by atoms with E-state index in [1.165, 1.54) is 18.2 Å². The van der Waals surface area contributed by atoms with Crippen molar-refractivity contribution in [3.63, 3.8) is 0 Å². The summed E-state index contributed by atoms with van der Waals surface area (Å²) in [5.74, 6) is 0.435. The predicted molar refractivity (Wildman–Crippen MR) is 73.1 cm³/mol. The minimum absolute atomic E-state index is 0.0576. The van der Waals surface area contributed by atoms with Gasteiger partial charge in [-0.3, -0.25) is 14.3 Å². The number of benzene rings is 1. The smallest absolute Gasteiger partial charge is 0.273 e. The fraction of sp³-hybridized carbons (Fsp3) is 0.455. The summed E-state index contributed by atoms with van der Waals surface area (Å²) in [7, 11) is -1.22. The molecule has 0 spiro atoms. The molecule has 0 saturated heterocycles. The van der Waals surface area contributed by atoms with Gasteiger partial charge in [0.05, 0.1) is 10.7 Å². The molecule has 0 aliphatic carbocycles. The van der Waals surface area contributed by atoms with Crippen LogP contribution in [0.15, 0.2) is 18.2 Å². The molecule has 7 heteroatoms. The average Bonchev–Trinajstić information content (AvgIpc) is 2.28. The highest BCUT2D eigenvalue weighted by molar-refractivity contribution is 7.84. The molecular formula is C11H15ClN2O3S. The largest absolute Gasteiger partial charge is 0.327 e. The second kappa shape index (κ2) is 6.82. The molecule has 0 bridgehead atoms. The highest BCUT2D eigenvalue weighted by atomic mass is 35.5. The summed E-state index contributed by atoms with van der Waals surface area (Å²) in [6.45, 7) is 1.91. The second-order valence-electron chi connectivity index (χ2n) is 3.95. The monoisotopic (exact) mass is 290 g/mol. The normalized spacial score (nSPS) is 14.2. The Bertz CT molecular complexity index is 468. The van der Waals surface area contributed by atoms with E-state index in [0.717, 1.165) is 6.42 Å². The Morgan fingerprint density at radius 2 is 2.22 bits per heavy atom. The molecule has 0 aromatic heterocycles. The van der Waals surface area contributed by atoms with Gasteiger partial charge >= 0.3 is 0 Å². The molecule has 2 unspecified atom stereocenters. The summed E-state index contributed by atoms with van der Waals surface area (Å²) < 4.78 is 11.8. The van der Waals surface area contributed by atoms with E-state index in [2.05, 4.69) is 0 Å². The first-order chi connectivity index (χ1) is 8.43. The van der Waals surface area contributed by atoms with E-state index < -0.39 is 15.7 Å². The van der Waals surface area contributed by atoms with E-state index in [1.807, 2.05) is 6.92 Å². The highest BCUT2D eigenvalue weighted by Gasteiger charge is 2.17. The van der Waals surface area contributed by atoms with Crippen LogP contribution in [0, 0.1) is 10.1 Å². The Kier molecular flexibility index (Phi) is 5.71. The maximum atomic E-state index is 11.8. The van der Waals surface area contributed by atoms with Crippen molar-refractivity contribution in [2.75, 3.05) is 5.75 Å². The van der Waals surface area contributed by atoms with Crippen LogP contribution in [0.25, 0.3) is 0 Å². The van der Waals surface area contributed by atoms with Crippen LogP contribution in [0.5, 0.6) is 0 Å². The van der Waals surface area contributed by atoms with Gasteiger partial charge in [0.15, 0.2) is 0 Å². The van der Waals surface area contributed by atoms with Crippen molar-refractivity contribution in [2.45, 2.75) is 25.1 Å². The summed E-state index contributed by atoms with van der Waals surface area (Å²) in [5, 5.41) is 11.2. The Hall–Kier alpha value is -0.980. The molecule has 0 radical (unpaired) electrons. The van der Waals surface area contributed by atoms with Crippen LogP contribution < -0.4 is 5.73 Å². The average molecular weight is 291 g/mol. The summed E-state index contributed by atoms with van der Waals surface area (Å²) in [6, 6.07) is 4.11. The first-order valence-electron chi connectivity index (χ1n) is 5.47. The molecule has 1 aromatic rings. The van der Waals surface area contributed by atoms with Gasteiger partial charge in [0.1, 0.15) is 0 Å². The third-order valence-corrected chi connectivity index (χ3v) is 4.15. The van der Waals surface area contributed by atoms with Crippen LogP contribution in [0.1, 0.15) is 18.9 Å². The number of nitro benzene ring substituents is 1.